The summed E-state index contributed by atoms with van der Waals surface area (Å²) in [6, 6.07) is 8.96. The van der Waals surface area contributed by atoms with Crippen molar-refractivity contribution < 1.29 is 13.2 Å². The monoisotopic (exact) mass is 347 g/mol. The van der Waals surface area contributed by atoms with Gasteiger partial charge in [-0.05, 0) is 24.3 Å². The van der Waals surface area contributed by atoms with Crippen molar-refractivity contribution in [2.75, 3.05) is 5.32 Å². The minimum atomic E-state index is -4.46. The highest BCUT2D eigenvalue weighted by molar-refractivity contribution is 7.16. The molecule has 0 saturated carbocycles. The maximum Gasteiger partial charge on any atom is 0.416 e. The molecule has 0 amide bonds. The standard InChI is InChI=1S/C15H8F3N5S/c16-15(17,18)9-4-6-21-12(7-9)22-14-23-13(11(8-19)24-14)10-3-1-2-5-20-10/h1-7H,(H,21,22,23). The Morgan fingerprint density at radius 3 is 2.62 bits per heavy atom. The molecule has 1 N–H and O–H groups in total. The molecule has 0 bridgehead atoms. The molecular weight excluding hydrogens is 339 g/mol. The predicted molar refractivity (Wildman–Crippen MR) is 82.6 cm³/mol. The van der Waals surface area contributed by atoms with Gasteiger partial charge < -0.3 is 5.32 Å². The Hall–Kier alpha value is -2.99. The van der Waals surface area contributed by atoms with Crippen LogP contribution in [0.25, 0.3) is 11.4 Å². The van der Waals surface area contributed by atoms with Crippen LogP contribution in [0.4, 0.5) is 24.1 Å². The van der Waals surface area contributed by atoms with E-state index in [2.05, 4.69) is 20.3 Å². The summed E-state index contributed by atoms with van der Waals surface area (Å²) in [5.74, 6) is -0.00404. The SMILES string of the molecule is N#Cc1sc(Nc2cc(C(F)(F)F)ccn2)nc1-c1ccccn1. The topological polar surface area (TPSA) is 74.5 Å². The Labute approximate surface area is 138 Å². The number of nitrogens with zero attached hydrogens (tertiary/aromatic N) is 4. The smallest absolute Gasteiger partial charge is 0.316 e. The van der Waals surface area contributed by atoms with Crippen LogP contribution in [0, 0.1) is 11.3 Å². The zero-order chi connectivity index (χ0) is 17.2. The maximum absolute atomic E-state index is 12.7. The van der Waals surface area contributed by atoms with E-state index in [-0.39, 0.29) is 10.9 Å². The first kappa shape index (κ1) is 15.9. The van der Waals surface area contributed by atoms with Crippen molar-refractivity contribution in [1.29, 1.82) is 5.26 Å². The van der Waals surface area contributed by atoms with Crippen molar-refractivity contribution in [2.45, 2.75) is 6.18 Å². The van der Waals surface area contributed by atoms with E-state index in [0.29, 0.717) is 16.3 Å². The quantitative estimate of drug-likeness (QED) is 0.767. The van der Waals surface area contributed by atoms with Crippen LogP contribution in [0.5, 0.6) is 0 Å². The van der Waals surface area contributed by atoms with E-state index in [0.717, 1.165) is 29.7 Å². The van der Waals surface area contributed by atoms with E-state index < -0.39 is 11.7 Å². The number of thiazole rings is 1. The first-order valence-electron chi connectivity index (χ1n) is 6.60. The Kier molecular flexibility index (Phi) is 4.14. The molecular formula is C15H8F3N5S. The Bertz CT molecular complexity index is 899. The molecule has 5 nitrogen and oxygen atoms in total. The number of pyridine rings is 2. The van der Waals surface area contributed by atoms with Crippen LogP contribution < -0.4 is 5.32 Å². The lowest BCUT2D eigenvalue weighted by molar-refractivity contribution is -0.137. The van der Waals surface area contributed by atoms with Gasteiger partial charge in [-0.3, -0.25) is 4.98 Å². The first-order chi connectivity index (χ1) is 11.5. The molecule has 3 rings (SSSR count). The molecule has 0 saturated heterocycles. The molecule has 0 radical (unpaired) electrons. The minimum absolute atomic E-state index is 0.00404. The van der Waals surface area contributed by atoms with Gasteiger partial charge >= 0.3 is 6.18 Å². The summed E-state index contributed by atoms with van der Waals surface area (Å²) in [6.45, 7) is 0. The molecule has 0 aromatic carbocycles. The van der Waals surface area contributed by atoms with Gasteiger partial charge in [0, 0.05) is 12.4 Å². The number of hydrogen-bond donors (Lipinski definition) is 1. The van der Waals surface area contributed by atoms with Crippen LogP contribution in [-0.2, 0) is 6.18 Å². The third-order valence-electron chi connectivity index (χ3n) is 2.96. The molecule has 3 heterocycles. The van der Waals surface area contributed by atoms with Gasteiger partial charge in [0.25, 0.3) is 0 Å². The number of aromatic nitrogens is 3. The van der Waals surface area contributed by atoms with Crippen molar-refractivity contribution in [3.63, 3.8) is 0 Å². The molecule has 3 aromatic rings. The molecule has 0 aliphatic rings. The Morgan fingerprint density at radius 2 is 1.96 bits per heavy atom. The fourth-order valence-electron chi connectivity index (χ4n) is 1.91. The number of nitriles is 1. The van der Waals surface area contributed by atoms with Crippen molar-refractivity contribution in [1.82, 2.24) is 15.0 Å². The molecule has 9 heteroatoms. The lowest BCUT2D eigenvalue weighted by Gasteiger charge is -2.08. The summed E-state index contributed by atoms with van der Waals surface area (Å²) in [5, 5.41) is 12.2. The molecule has 0 spiro atoms. The predicted octanol–water partition coefficient (Wildman–Crippen LogP) is 4.23. The van der Waals surface area contributed by atoms with Gasteiger partial charge in [-0.25, -0.2) is 9.97 Å². The lowest BCUT2D eigenvalue weighted by Crippen LogP contribution is -2.06. The molecule has 24 heavy (non-hydrogen) atoms. The number of hydrogen-bond acceptors (Lipinski definition) is 6. The largest absolute Gasteiger partial charge is 0.416 e. The van der Waals surface area contributed by atoms with Crippen LogP contribution in [0.15, 0.2) is 42.7 Å². The first-order valence-corrected chi connectivity index (χ1v) is 7.41. The highest BCUT2D eigenvalue weighted by Crippen LogP contribution is 2.33. The van der Waals surface area contributed by atoms with Crippen molar-refractivity contribution in [3.8, 4) is 17.5 Å². The molecule has 0 unspecified atom stereocenters. The molecule has 120 valence electrons. The van der Waals surface area contributed by atoms with Gasteiger partial charge in [0.2, 0.25) is 0 Å². The van der Waals surface area contributed by atoms with Crippen LogP contribution in [0.3, 0.4) is 0 Å². The lowest BCUT2D eigenvalue weighted by atomic mass is 10.2. The van der Waals surface area contributed by atoms with Crippen LogP contribution in [0.1, 0.15) is 10.4 Å². The summed E-state index contributed by atoms with van der Waals surface area (Å²) >= 11 is 1.02. The van der Waals surface area contributed by atoms with E-state index in [9.17, 15) is 18.4 Å². The number of anilines is 2. The van der Waals surface area contributed by atoms with Crippen LogP contribution in [-0.4, -0.2) is 15.0 Å². The van der Waals surface area contributed by atoms with Crippen molar-refractivity contribution in [2.24, 2.45) is 0 Å². The molecule has 0 aliphatic carbocycles. The van der Waals surface area contributed by atoms with E-state index >= 15 is 0 Å². The average molecular weight is 347 g/mol. The van der Waals surface area contributed by atoms with Crippen LogP contribution >= 0.6 is 11.3 Å². The summed E-state index contributed by atoms with van der Waals surface area (Å²) in [6.07, 6.45) is -1.83. The number of halogens is 3. The number of rotatable bonds is 3. The van der Waals surface area contributed by atoms with Crippen molar-refractivity contribution >= 4 is 22.3 Å². The summed E-state index contributed by atoms with van der Waals surface area (Å²) in [5.41, 5.74) is 0.0648. The normalized spacial score (nSPS) is 11.1. The maximum atomic E-state index is 12.7. The number of alkyl halides is 3. The molecule has 0 aliphatic heterocycles. The molecule has 3 aromatic heterocycles. The highest BCUT2D eigenvalue weighted by Gasteiger charge is 2.30. The fraction of sp³-hybridized carbons (Fsp3) is 0.0667. The summed E-state index contributed by atoms with van der Waals surface area (Å²) < 4.78 is 38.2. The number of nitrogens with one attached hydrogen (secondary N) is 1. The van der Waals surface area contributed by atoms with E-state index in [1.165, 1.54) is 0 Å². The Morgan fingerprint density at radius 1 is 1.12 bits per heavy atom. The van der Waals surface area contributed by atoms with Gasteiger partial charge in [0.05, 0.1) is 11.3 Å². The van der Waals surface area contributed by atoms with Crippen molar-refractivity contribution in [3.05, 3.63) is 53.2 Å². The zero-order valence-electron chi connectivity index (χ0n) is 11.9. The Balaban J connectivity index is 1.92. The zero-order valence-corrected chi connectivity index (χ0v) is 12.7. The second kappa shape index (κ2) is 6.25. The average Bonchev–Trinajstić information content (AvgIpc) is 2.98. The third-order valence-corrected chi connectivity index (χ3v) is 3.83. The second-order valence-corrected chi connectivity index (χ2v) is 5.58. The van der Waals surface area contributed by atoms with E-state index in [1.807, 2.05) is 6.07 Å². The highest BCUT2D eigenvalue weighted by atomic mass is 32.1. The van der Waals surface area contributed by atoms with Gasteiger partial charge in [-0.1, -0.05) is 17.4 Å². The van der Waals surface area contributed by atoms with Gasteiger partial charge in [-0.2, -0.15) is 18.4 Å². The third kappa shape index (κ3) is 3.33. The fourth-order valence-corrected chi connectivity index (χ4v) is 2.69. The van der Waals surface area contributed by atoms with Crippen LogP contribution in [0.2, 0.25) is 0 Å². The van der Waals surface area contributed by atoms with E-state index in [1.54, 1.807) is 24.4 Å². The van der Waals surface area contributed by atoms with E-state index in [4.69, 9.17) is 0 Å². The van der Waals surface area contributed by atoms with Gasteiger partial charge in [0.15, 0.2) is 5.13 Å². The molecule has 0 atom stereocenters. The van der Waals surface area contributed by atoms with Gasteiger partial charge in [-0.15, -0.1) is 0 Å². The second-order valence-electron chi connectivity index (χ2n) is 4.58. The minimum Gasteiger partial charge on any atom is -0.316 e. The molecule has 0 fully saturated rings. The van der Waals surface area contributed by atoms with Gasteiger partial charge in [0.1, 0.15) is 22.5 Å². The summed E-state index contributed by atoms with van der Waals surface area (Å²) in [4.78, 5) is 12.5. The summed E-state index contributed by atoms with van der Waals surface area (Å²) in [7, 11) is 0.